The SMILES string of the molecule is c1ccc(CN2CCCC[C@@H]2c2cccnc2NC2CCCCC2)cc1. The molecule has 2 fully saturated rings. The summed E-state index contributed by atoms with van der Waals surface area (Å²) >= 11 is 0. The van der Waals surface area contributed by atoms with Crippen molar-refractivity contribution >= 4 is 5.82 Å². The number of likely N-dealkylation sites (tertiary alicyclic amines) is 1. The van der Waals surface area contributed by atoms with Crippen LogP contribution in [0.5, 0.6) is 0 Å². The highest BCUT2D eigenvalue weighted by molar-refractivity contribution is 5.46. The molecule has 0 unspecified atom stereocenters. The number of rotatable bonds is 5. The lowest BCUT2D eigenvalue weighted by molar-refractivity contribution is 0.140. The van der Waals surface area contributed by atoms with Crippen LogP contribution in [0.2, 0.25) is 0 Å². The maximum absolute atomic E-state index is 4.75. The highest BCUT2D eigenvalue weighted by atomic mass is 15.2. The van der Waals surface area contributed by atoms with Gasteiger partial charge in [0.25, 0.3) is 0 Å². The number of benzene rings is 1. The molecule has 0 amide bonds. The van der Waals surface area contributed by atoms with Crippen LogP contribution in [-0.2, 0) is 6.54 Å². The Balaban J connectivity index is 1.54. The Hall–Kier alpha value is -1.87. The van der Waals surface area contributed by atoms with Gasteiger partial charge in [0.1, 0.15) is 5.82 Å². The number of hydrogen-bond donors (Lipinski definition) is 1. The van der Waals surface area contributed by atoms with Gasteiger partial charge in [0.2, 0.25) is 0 Å². The molecule has 0 bridgehead atoms. The summed E-state index contributed by atoms with van der Waals surface area (Å²) in [6.45, 7) is 2.21. The summed E-state index contributed by atoms with van der Waals surface area (Å²) in [5.41, 5.74) is 2.80. The predicted molar refractivity (Wildman–Crippen MR) is 108 cm³/mol. The van der Waals surface area contributed by atoms with E-state index in [9.17, 15) is 0 Å². The zero-order chi connectivity index (χ0) is 17.6. The Bertz CT molecular complexity index is 679. The third-order valence-electron chi connectivity index (χ3n) is 5.99. The Morgan fingerprint density at radius 2 is 1.69 bits per heavy atom. The maximum atomic E-state index is 4.75. The molecule has 1 N–H and O–H groups in total. The van der Waals surface area contributed by atoms with Gasteiger partial charge in [0.15, 0.2) is 0 Å². The molecule has 1 aromatic heterocycles. The largest absolute Gasteiger partial charge is 0.367 e. The molecule has 3 heteroatoms. The third kappa shape index (κ3) is 4.27. The molecular formula is C23H31N3. The topological polar surface area (TPSA) is 28.2 Å². The second kappa shape index (κ2) is 8.68. The summed E-state index contributed by atoms with van der Waals surface area (Å²) in [6, 6.07) is 16.4. The maximum Gasteiger partial charge on any atom is 0.130 e. The van der Waals surface area contributed by atoms with Gasteiger partial charge in [-0.25, -0.2) is 4.98 Å². The van der Waals surface area contributed by atoms with Gasteiger partial charge in [0.05, 0.1) is 0 Å². The van der Waals surface area contributed by atoms with Gasteiger partial charge in [-0.3, -0.25) is 4.90 Å². The fourth-order valence-corrected chi connectivity index (χ4v) is 4.60. The molecule has 2 aliphatic rings. The normalized spacial score (nSPS) is 22.2. The zero-order valence-corrected chi connectivity index (χ0v) is 15.7. The van der Waals surface area contributed by atoms with Crippen molar-refractivity contribution in [3.8, 4) is 0 Å². The second-order valence-electron chi connectivity index (χ2n) is 7.89. The monoisotopic (exact) mass is 349 g/mol. The highest BCUT2D eigenvalue weighted by Crippen LogP contribution is 2.36. The van der Waals surface area contributed by atoms with E-state index in [0.717, 1.165) is 12.4 Å². The van der Waals surface area contributed by atoms with Crippen LogP contribution in [0.25, 0.3) is 0 Å². The van der Waals surface area contributed by atoms with Crippen LogP contribution in [0.15, 0.2) is 48.7 Å². The van der Waals surface area contributed by atoms with E-state index in [0.29, 0.717) is 12.1 Å². The summed E-state index contributed by atoms with van der Waals surface area (Å²) in [6.07, 6.45) is 12.5. The number of aromatic nitrogens is 1. The summed E-state index contributed by atoms with van der Waals surface area (Å²) < 4.78 is 0. The summed E-state index contributed by atoms with van der Waals surface area (Å²) in [7, 11) is 0. The fraction of sp³-hybridized carbons (Fsp3) is 0.522. The van der Waals surface area contributed by atoms with Crippen LogP contribution in [0.4, 0.5) is 5.82 Å². The molecule has 3 nitrogen and oxygen atoms in total. The van der Waals surface area contributed by atoms with E-state index in [-0.39, 0.29) is 0 Å². The molecule has 26 heavy (non-hydrogen) atoms. The molecule has 0 spiro atoms. The number of nitrogens with zero attached hydrogens (tertiary/aromatic N) is 2. The van der Waals surface area contributed by atoms with Crippen LogP contribution >= 0.6 is 0 Å². The lowest BCUT2D eigenvalue weighted by Gasteiger charge is -2.37. The standard InChI is InChI=1S/C23H31N3/c1-3-10-19(11-4-1)18-26-17-8-7-15-22(26)21-14-9-16-24-23(21)25-20-12-5-2-6-13-20/h1,3-4,9-11,14,16,20,22H,2,5-8,12-13,15,17-18H2,(H,24,25)/t22-/m1/s1. The Morgan fingerprint density at radius 3 is 2.54 bits per heavy atom. The fourth-order valence-electron chi connectivity index (χ4n) is 4.60. The number of piperidine rings is 1. The Labute approximate surface area is 157 Å². The van der Waals surface area contributed by atoms with Crippen molar-refractivity contribution in [2.24, 2.45) is 0 Å². The highest BCUT2D eigenvalue weighted by Gasteiger charge is 2.27. The number of hydrogen-bond acceptors (Lipinski definition) is 3. The van der Waals surface area contributed by atoms with Gasteiger partial charge in [-0.1, -0.05) is 62.1 Å². The molecule has 1 aliphatic carbocycles. The molecule has 1 aliphatic heterocycles. The Morgan fingerprint density at radius 1 is 0.885 bits per heavy atom. The van der Waals surface area contributed by atoms with E-state index in [4.69, 9.17) is 4.98 Å². The summed E-state index contributed by atoms with van der Waals surface area (Å²) in [5, 5.41) is 3.79. The van der Waals surface area contributed by atoms with E-state index in [1.54, 1.807) is 0 Å². The third-order valence-corrected chi connectivity index (χ3v) is 5.99. The molecule has 1 atom stereocenters. The van der Waals surface area contributed by atoms with Gasteiger partial charge in [-0.15, -0.1) is 0 Å². The van der Waals surface area contributed by atoms with E-state index in [2.05, 4.69) is 52.7 Å². The van der Waals surface area contributed by atoms with Crippen LogP contribution in [0.3, 0.4) is 0 Å². The lowest BCUT2D eigenvalue weighted by Crippen LogP contribution is -2.34. The van der Waals surface area contributed by atoms with Gasteiger partial charge < -0.3 is 5.32 Å². The Kier molecular flexibility index (Phi) is 5.85. The molecule has 2 aromatic rings. The van der Waals surface area contributed by atoms with Gasteiger partial charge in [-0.05, 0) is 43.9 Å². The van der Waals surface area contributed by atoms with Crippen LogP contribution < -0.4 is 5.32 Å². The first kappa shape index (κ1) is 17.5. The lowest BCUT2D eigenvalue weighted by atomic mass is 9.93. The smallest absolute Gasteiger partial charge is 0.130 e. The minimum absolute atomic E-state index is 0.476. The van der Waals surface area contributed by atoms with Crippen LogP contribution in [0.1, 0.15) is 68.5 Å². The van der Waals surface area contributed by atoms with Crippen LogP contribution in [-0.4, -0.2) is 22.5 Å². The number of pyridine rings is 1. The minimum Gasteiger partial charge on any atom is -0.367 e. The molecular weight excluding hydrogens is 318 g/mol. The van der Waals surface area contributed by atoms with Crippen molar-refractivity contribution in [3.63, 3.8) is 0 Å². The molecule has 4 rings (SSSR count). The van der Waals surface area contributed by atoms with E-state index < -0.39 is 0 Å². The van der Waals surface area contributed by atoms with Crippen molar-refractivity contribution in [3.05, 3.63) is 59.8 Å². The molecule has 2 heterocycles. The molecule has 1 aromatic carbocycles. The first-order chi connectivity index (χ1) is 12.9. The van der Waals surface area contributed by atoms with Crippen molar-refractivity contribution < 1.29 is 0 Å². The summed E-state index contributed by atoms with van der Waals surface area (Å²) in [5.74, 6) is 1.13. The zero-order valence-electron chi connectivity index (χ0n) is 15.7. The van der Waals surface area contributed by atoms with E-state index in [1.165, 1.54) is 69.0 Å². The number of nitrogens with one attached hydrogen (secondary N) is 1. The molecule has 1 saturated heterocycles. The van der Waals surface area contributed by atoms with Gasteiger partial charge in [0, 0.05) is 30.4 Å². The quantitative estimate of drug-likeness (QED) is 0.766. The average molecular weight is 350 g/mol. The van der Waals surface area contributed by atoms with Gasteiger partial charge in [-0.2, -0.15) is 0 Å². The van der Waals surface area contributed by atoms with E-state index >= 15 is 0 Å². The van der Waals surface area contributed by atoms with Crippen molar-refractivity contribution in [1.82, 2.24) is 9.88 Å². The van der Waals surface area contributed by atoms with Gasteiger partial charge >= 0.3 is 0 Å². The minimum atomic E-state index is 0.476. The molecule has 1 saturated carbocycles. The number of anilines is 1. The summed E-state index contributed by atoms with van der Waals surface area (Å²) in [4.78, 5) is 7.41. The molecule has 138 valence electrons. The first-order valence-corrected chi connectivity index (χ1v) is 10.4. The predicted octanol–water partition coefficient (Wildman–Crippen LogP) is 5.55. The average Bonchev–Trinajstić information content (AvgIpc) is 2.71. The van der Waals surface area contributed by atoms with Crippen LogP contribution in [0, 0.1) is 0 Å². The van der Waals surface area contributed by atoms with Crippen molar-refractivity contribution in [2.75, 3.05) is 11.9 Å². The van der Waals surface area contributed by atoms with Crippen molar-refractivity contribution in [2.45, 2.75) is 70.0 Å². The van der Waals surface area contributed by atoms with E-state index in [1.807, 2.05) is 6.20 Å². The first-order valence-electron chi connectivity index (χ1n) is 10.4. The second-order valence-corrected chi connectivity index (χ2v) is 7.89. The van der Waals surface area contributed by atoms with Crippen molar-refractivity contribution in [1.29, 1.82) is 0 Å². The molecule has 0 radical (unpaired) electrons.